The minimum Gasteiger partial charge on any atom is -0.493 e. The zero-order valence-corrected chi connectivity index (χ0v) is 15.6. The van der Waals surface area contributed by atoms with Crippen LogP contribution in [0.2, 0.25) is 0 Å². The van der Waals surface area contributed by atoms with Gasteiger partial charge in [0.25, 0.3) is 0 Å². The second-order valence-corrected chi connectivity index (χ2v) is 6.56. The van der Waals surface area contributed by atoms with Crippen molar-refractivity contribution in [3.63, 3.8) is 0 Å². The van der Waals surface area contributed by atoms with Gasteiger partial charge in [0.05, 0.1) is 14.2 Å². The molecule has 0 amide bonds. The van der Waals surface area contributed by atoms with Crippen LogP contribution in [-0.4, -0.2) is 57.0 Å². The lowest BCUT2D eigenvalue weighted by molar-refractivity contribution is 0.0285. The fourth-order valence-electron chi connectivity index (χ4n) is 3.22. The number of methoxy groups -OCH3 is 2. The number of halogens is 2. The predicted octanol–water partition coefficient (Wildman–Crippen LogP) is 2.23. The van der Waals surface area contributed by atoms with Crippen molar-refractivity contribution in [2.45, 2.75) is 19.9 Å². The molecule has 7 heteroatoms. The fourth-order valence-corrected chi connectivity index (χ4v) is 3.22. The van der Waals surface area contributed by atoms with E-state index in [4.69, 9.17) is 9.47 Å². The summed E-state index contributed by atoms with van der Waals surface area (Å²) in [6, 6.07) is 2.81. The zero-order valence-electron chi connectivity index (χ0n) is 14.8. The second kappa shape index (κ2) is 8.85. The molecular formula is C17H28ClFN2O3. The lowest BCUT2D eigenvalue weighted by atomic mass is 9.79. The summed E-state index contributed by atoms with van der Waals surface area (Å²) in [4.78, 5) is 2.22. The zero-order chi connectivity index (χ0) is 17.0. The Kier molecular flexibility index (Phi) is 7.73. The molecule has 24 heavy (non-hydrogen) atoms. The maximum Gasteiger partial charge on any atom is 0.163 e. The quantitative estimate of drug-likeness (QED) is 0.812. The summed E-state index contributed by atoms with van der Waals surface area (Å²) >= 11 is 0. The molecule has 1 heterocycles. The van der Waals surface area contributed by atoms with Gasteiger partial charge in [-0.05, 0) is 6.07 Å². The number of benzene rings is 1. The van der Waals surface area contributed by atoms with Crippen molar-refractivity contribution >= 4 is 12.4 Å². The molecule has 0 spiro atoms. The largest absolute Gasteiger partial charge is 0.493 e. The highest BCUT2D eigenvalue weighted by atomic mass is 35.5. The molecule has 1 fully saturated rings. The molecule has 2 rings (SSSR count). The van der Waals surface area contributed by atoms with Gasteiger partial charge in [-0.25, -0.2) is 4.39 Å². The van der Waals surface area contributed by atoms with Crippen LogP contribution < -0.4 is 14.8 Å². The number of ether oxygens (including phenoxy) is 2. The first kappa shape index (κ1) is 21.0. The van der Waals surface area contributed by atoms with Gasteiger partial charge in [0.2, 0.25) is 0 Å². The molecule has 1 aliphatic heterocycles. The normalized spacial score (nSPS) is 17.1. The summed E-state index contributed by atoms with van der Waals surface area (Å²) in [6.45, 7) is 7.20. The molecule has 0 saturated carbocycles. The molecule has 0 aliphatic carbocycles. The Hall–Kier alpha value is -1.08. The van der Waals surface area contributed by atoms with E-state index in [2.05, 4.69) is 10.2 Å². The number of nitrogens with zero attached hydrogens (tertiary/aromatic N) is 1. The molecule has 1 atom stereocenters. The fraction of sp³-hybridized carbons (Fsp3) is 0.647. The van der Waals surface area contributed by atoms with Crippen LogP contribution in [0.15, 0.2) is 12.1 Å². The van der Waals surface area contributed by atoms with Crippen LogP contribution in [0.1, 0.15) is 25.5 Å². The Bertz CT molecular complexity index is 537. The summed E-state index contributed by atoms with van der Waals surface area (Å²) in [5.74, 6) is 0.528. The molecular weight excluding hydrogens is 335 g/mol. The summed E-state index contributed by atoms with van der Waals surface area (Å²) in [6.07, 6.45) is 0. The van der Waals surface area contributed by atoms with Gasteiger partial charge in [-0.1, -0.05) is 13.8 Å². The van der Waals surface area contributed by atoms with Crippen LogP contribution in [0, 0.1) is 11.2 Å². The standard InChI is InChI=1S/C17H27FN2O3.ClH/c1-17(2,11-21)16(20-7-5-19-6-8-20)12-9-14(22-3)15(23-4)10-13(12)18;/h9-10,16,19,21H,5-8,11H2,1-4H3;1H/t16-;/m0./s1. The number of piperazine rings is 1. The molecule has 5 nitrogen and oxygen atoms in total. The molecule has 1 saturated heterocycles. The molecule has 1 aromatic carbocycles. The molecule has 0 radical (unpaired) electrons. The third-order valence-corrected chi connectivity index (χ3v) is 4.46. The van der Waals surface area contributed by atoms with Crippen molar-refractivity contribution in [2.24, 2.45) is 5.41 Å². The number of hydrogen-bond donors (Lipinski definition) is 2. The Balaban J connectivity index is 0.00000288. The number of rotatable bonds is 6. The van der Waals surface area contributed by atoms with E-state index >= 15 is 0 Å². The van der Waals surface area contributed by atoms with E-state index in [9.17, 15) is 9.50 Å². The smallest absolute Gasteiger partial charge is 0.163 e. The van der Waals surface area contributed by atoms with Crippen molar-refractivity contribution in [3.8, 4) is 11.5 Å². The molecule has 138 valence electrons. The van der Waals surface area contributed by atoms with Crippen LogP contribution in [0.4, 0.5) is 4.39 Å². The van der Waals surface area contributed by atoms with E-state index in [-0.39, 0.29) is 30.9 Å². The monoisotopic (exact) mass is 362 g/mol. The van der Waals surface area contributed by atoms with Gasteiger partial charge in [0, 0.05) is 55.9 Å². The molecule has 1 aliphatic rings. The number of aliphatic hydroxyl groups excluding tert-OH is 1. The highest BCUT2D eigenvalue weighted by Crippen LogP contribution is 2.42. The van der Waals surface area contributed by atoms with Crippen LogP contribution in [0.25, 0.3) is 0 Å². The van der Waals surface area contributed by atoms with Crippen molar-refractivity contribution in [1.82, 2.24) is 10.2 Å². The van der Waals surface area contributed by atoms with E-state index in [1.807, 2.05) is 13.8 Å². The molecule has 1 aromatic rings. The van der Waals surface area contributed by atoms with Crippen molar-refractivity contribution in [3.05, 3.63) is 23.5 Å². The first-order chi connectivity index (χ1) is 10.9. The minimum atomic E-state index is -0.488. The van der Waals surface area contributed by atoms with Crippen molar-refractivity contribution in [1.29, 1.82) is 0 Å². The van der Waals surface area contributed by atoms with E-state index in [0.717, 1.165) is 26.2 Å². The molecule has 0 bridgehead atoms. The maximum absolute atomic E-state index is 14.8. The van der Waals surface area contributed by atoms with Gasteiger partial charge < -0.3 is 19.9 Å². The third kappa shape index (κ3) is 4.30. The highest BCUT2D eigenvalue weighted by Gasteiger charge is 2.37. The average Bonchev–Trinajstić information content (AvgIpc) is 2.57. The van der Waals surface area contributed by atoms with E-state index < -0.39 is 5.41 Å². The molecule has 2 N–H and O–H groups in total. The van der Waals surface area contributed by atoms with Gasteiger partial charge in [0.1, 0.15) is 5.82 Å². The van der Waals surface area contributed by atoms with Gasteiger partial charge >= 0.3 is 0 Å². The van der Waals surface area contributed by atoms with Crippen molar-refractivity contribution in [2.75, 3.05) is 47.0 Å². The van der Waals surface area contributed by atoms with Gasteiger partial charge in [-0.15, -0.1) is 12.4 Å². The van der Waals surface area contributed by atoms with Crippen LogP contribution in [0.5, 0.6) is 11.5 Å². The number of aliphatic hydroxyl groups is 1. The summed E-state index contributed by atoms with van der Waals surface area (Å²) in [7, 11) is 3.03. The second-order valence-electron chi connectivity index (χ2n) is 6.56. The van der Waals surface area contributed by atoms with Crippen LogP contribution in [-0.2, 0) is 0 Å². The first-order valence-corrected chi connectivity index (χ1v) is 7.91. The Morgan fingerprint density at radius 2 is 1.75 bits per heavy atom. The van der Waals surface area contributed by atoms with Crippen LogP contribution >= 0.6 is 12.4 Å². The Labute approximate surface area is 149 Å². The van der Waals surface area contributed by atoms with Crippen molar-refractivity contribution < 1.29 is 19.0 Å². The highest BCUT2D eigenvalue weighted by molar-refractivity contribution is 5.85. The number of hydrogen-bond acceptors (Lipinski definition) is 5. The lowest BCUT2D eigenvalue weighted by Crippen LogP contribution is -2.49. The predicted molar refractivity (Wildman–Crippen MR) is 94.8 cm³/mol. The Morgan fingerprint density at radius 1 is 1.21 bits per heavy atom. The molecule has 0 unspecified atom stereocenters. The van der Waals surface area contributed by atoms with Gasteiger partial charge in [-0.2, -0.15) is 0 Å². The summed E-state index contributed by atoms with van der Waals surface area (Å²) in [5, 5.41) is 13.2. The topological polar surface area (TPSA) is 54.0 Å². The minimum absolute atomic E-state index is 0. The van der Waals surface area contributed by atoms with E-state index in [1.165, 1.54) is 20.3 Å². The maximum atomic E-state index is 14.8. The van der Waals surface area contributed by atoms with E-state index in [1.54, 1.807) is 6.07 Å². The van der Waals surface area contributed by atoms with Gasteiger partial charge in [-0.3, -0.25) is 4.90 Å². The molecule has 0 aromatic heterocycles. The summed E-state index contributed by atoms with van der Waals surface area (Å²) < 4.78 is 25.3. The SMILES string of the molecule is COc1cc(F)c([C@H](N2CCNCC2)C(C)(C)CO)cc1OC.Cl. The Morgan fingerprint density at radius 3 is 2.25 bits per heavy atom. The van der Waals surface area contributed by atoms with Gasteiger partial charge in [0.15, 0.2) is 11.5 Å². The average molecular weight is 363 g/mol. The first-order valence-electron chi connectivity index (χ1n) is 7.91. The number of nitrogens with one attached hydrogen (secondary N) is 1. The lowest BCUT2D eigenvalue weighted by Gasteiger charge is -2.43. The third-order valence-electron chi connectivity index (χ3n) is 4.46. The summed E-state index contributed by atoms with van der Waals surface area (Å²) in [5.41, 5.74) is 0.0428. The van der Waals surface area contributed by atoms with E-state index in [0.29, 0.717) is 17.1 Å². The van der Waals surface area contributed by atoms with Crippen LogP contribution in [0.3, 0.4) is 0 Å².